The highest BCUT2D eigenvalue weighted by atomic mass is 35.5. The van der Waals surface area contributed by atoms with E-state index in [4.69, 9.17) is 21.1 Å². The smallest absolute Gasteiger partial charge is 0.387 e. The summed E-state index contributed by atoms with van der Waals surface area (Å²) in [6, 6.07) is 4.63. The Labute approximate surface area is 162 Å². The Balaban J connectivity index is 2.01. The summed E-state index contributed by atoms with van der Waals surface area (Å²) in [7, 11) is -1.86. The molecule has 0 saturated heterocycles. The molecule has 9 nitrogen and oxygen atoms in total. The number of ether oxygens (including phenoxy) is 3. The molecule has 0 aliphatic heterocycles. The Morgan fingerprint density at radius 2 is 1.82 bits per heavy atom. The van der Waals surface area contributed by atoms with Crippen molar-refractivity contribution in [1.29, 1.82) is 0 Å². The first-order valence-corrected chi connectivity index (χ1v) is 9.35. The Hall–Kier alpha value is -2.86. The third kappa shape index (κ3) is 3.87. The van der Waals surface area contributed by atoms with Crippen molar-refractivity contribution in [2.45, 2.75) is 11.5 Å². The molecule has 0 spiro atoms. The van der Waals surface area contributed by atoms with Crippen molar-refractivity contribution in [2.24, 2.45) is 0 Å². The van der Waals surface area contributed by atoms with Gasteiger partial charge in [0, 0.05) is 22.1 Å². The van der Waals surface area contributed by atoms with Gasteiger partial charge in [-0.1, -0.05) is 11.6 Å². The summed E-state index contributed by atoms with van der Waals surface area (Å²) in [6.45, 7) is -3.19. The number of sulfonamides is 1. The van der Waals surface area contributed by atoms with Gasteiger partial charge in [-0.2, -0.15) is 18.7 Å². The fourth-order valence-corrected chi connectivity index (χ4v) is 3.69. The van der Waals surface area contributed by atoms with Crippen LogP contribution in [0.3, 0.4) is 0 Å². The maximum absolute atomic E-state index is 12.7. The van der Waals surface area contributed by atoms with Crippen LogP contribution in [0.1, 0.15) is 0 Å². The molecule has 0 fully saturated rings. The number of benzene rings is 1. The highest BCUT2D eigenvalue weighted by Gasteiger charge is 2.25. The van der Waals surface area contributed by atoms with Crippen LogP contribution in [0.5, 0.6) is 17.5 Å². The molecular formula is C15H13ClF2N4O5S. The minimum Gasteiger partial charge on any atom is -0.478 e. The molecule has 0 amide bonds. The van der Waals surface area contributed by atoms with E-state index in [9.17, 15) is 17.2 Å². The predicted octanol–water partition coefficient (Wildman–Crippen LogP) is 3.03. The maximum atomic E-state index is 12.7. The molecule has 28 heavy (non-hydrogen) atoms. The van der Waals surface area contributed by atoms with Crippen molar-refractivity contribution in [3.63, 3.8) is 0 Å². The van der Waals surface area contributed by atoms with Gasteiger partial charge in [0.05, 0.1) is 14.2 Å². The second kappa shape index (κ2) is 7.64. The van der Waals surface area contributed by atoms with Crippen molar-refractivity contribution in [3.05, 3.63) is 29.4 Å². The number of H-pyrrole nitrogens is 1. The Morgan fingerprint density at radius 1 is 1.18 bits per heavy atom. The summed E-state index contributed by atoms with van der Waals surface area (Å²) in [5.74, 6) is -1.89. The summed E-state index contributed by atoms with van der Waals surface area (Å²) in [5, 5.41) is 0.812. The molecule has 3 aromatic rings. The monoisotopic (exact) mass is 434 g/mol. The predicted molar refractivity (Wildman–Crippen MR) is 95.9 cm³/mol. The normalized spacial score (nSPS) is 11.6. The van der Waals surface area contributed by atoms with Crippen LogP contribution < -0.4 is 18.9 Å². The van der Waals surface area contributed by atoms with Gasteiger partial charge in [0.1, 0.15) is 4.90 Å². The van der Waals surface area contributed by atoms with E-state index in [1.165, 1.54) is 18.3 Å². The van der Waals surface area contributed by atoms with Crippen molar-refractivity contribution in [1.82, 2.24) is 15.0 Å². The molecule has 0 bridgehead atoms. The molecule has 2 N–H and O–H groups in total. The highest BCUT2D eigenvalue weighted by Crippen LogP contribution is 2.36. The van der Waals surface area contributed by atoms with E-state index in [1.54, 1.807) is 6.07 Å². The van der Waals surface area contributed by atoms with Crippen LogP contribution in [0.2, 0.25) is 5.02 Å². The molecular weight excluding hydrogens is 422 g/mol. The van der Waals surface area contributed by atoms with Crippen molar-refractivity contribution < 1.29 is 31.4 Å². The quantitative estimate of drug-likeness (QED) is 0.587. The number of nitrogens with one attached hydrogen (secondary N) is 2. The van der Waals surface area contributed by atoms with Gasteiger partial charge in [0.25, 0.3) is 21.8 Å². The Bertz CT molecular complexity index is 1100. The van der Waals surface area contributed by atoms with Crippen molar-refractivity contribution in [2.75, 3.05) is 18.9 Å². The second-order valence-corrected chi connectivity index (χ2v) is 7.31. The van der Waals surface area contributed by atoms with Crippen LogP contribution in [0.25, 0.3) is 10.9 Å². The number of hydrogen-bond acceptors (Lipinski definition) is 7. The summed E-state index contributed by atoms with van der Waals surface area (Å²) >= 11 is 5.89. The van der Waals surface area contributed by atoms with E-state index in [0.717, 1.165) is 14.2 Å². The largest absolute Gasteiger partial charge is 0.478 e. The Morgan fingerprint density at radius 3 is 2.39 bits per heavy atom. The van der Waals surface area contributed by atoms with Crippen LogP contribution in [0, 0.1) is 0 Å². The topological polar surface area (TPSA) is 115 Å². The molecule has 13 heteroatoms. The van der Waals surface area contributed by atoms with E-state index in [1.807, 2.05) is 0 Å². The van der Waals surface area contributed by atoms with Gasteiger partial charge in [-0.15, -0.1) is 0 Å². The fraction of sp³-hybridized carbons (Fsp3) is 0.200. The molecule has 150 valence electrons. The van der Waals surface area contributed by atoms with Crippen LogP contribution in [-0.4, -0.2) is 44.2 Å². The van der Waals surface area contributed by atoms with Gasteiger partial charge in [0.2, 0.25) is 11.7 Å². The van der Waals surface area contributed by atoms with Crippen LogP contribution in [0.15, 0.2) is 29.3 Å². The van der Waals surface area contributed by atoms with Crippen LogP contribution in [0.4, 0.5) is 14.7 Å². The Kier molecular flexibility index (Phi) is 5.42. The summed E-state index contributed by atoms with van der Waals surface area (Å²) in [4.78, 5) is 10.2. The molecule has 0 aliphatic rings. The number of hydrogen-bond donors (Lipinski definition) is 2. The van der Waals surface area contributed by atoms with Crippen molar-refractivity contribution >= 4 is 38.5 Å². The number of fused-ring (bicyclic) bond motifs is 1. The minimum atomic E-state index is -4.14. The first-order valence-electron chi connectivity index (χ1n) is 7.49. The van der Waals surface area contributed by atoms with Gasteiger partial charge in [0.15, 0.2) is 0 Å². The highest BCUT2D eigenvalue weighted by molar-refractivity contribution is 7.93. The summed E-state index contributed by atoms with van der Waals surface area (Å²) in [6.07, 6.45) is 1.27. The van der Waals surface area contributed by atoms with Gasteiger partial charge in [-0.3, -0.25) is 0 Å². The van der Waals surface area contributed by atoms with E-state index in [0.29, 0.717) is 15.9 Å². The molecule has 0 radical (unpaired) electrons. The number of aromatic nitrogens is 3. The van der Waals surface area contributed by atoms with E-state index >= 15 is 0 Å². The van der Waals surface area contributed by atoms with Gasteiger partial charge in [-0.25, -0.2) is 13.1 Å². The number of halogens is 3. The molecule has 3 rings (SSSR count). The number of aromatic amines is 1. The average Bonchev–Trinajstić information content (AvgIpc) is 3.05. The third-order valence-corrected chi connectivity index (χ3v) is 5.12. The van der Waals surface area contributed by atoms with Crippen molar-refractivity contribution in [3.8, 4) is 17.5 Å². The average molecular weight is 435 g/mol. The lowest BCUT2D eigenvalue weighted by atomic mass is 10.2. The number of anilines is 1. The lowest BCUT2D eigenvalue weighted by Crippen LogP contribution is -2.16. The van der Waals surface area contributed by atoms with E-state index in [2.05, 4.69) is 24.4 Å². The molecule has 2 heterocycles. The molecule has 0 saturated carbocycles. The molecule has 0 unspecified atom stereocenters. The van der Waals surface area contributed by atoms with Crippen LogP contribution in [-0.2, 0) is 10.0 Å². The zero-order valence-corrected chi connectivity index (χ0v) is 15.9. The summed E-state index contributed by atoms with van der Waals surface area (Å²) in [5.41, 5.74) is 0.504. The SMILES string of the molecule is COc1nc(NS(=O)(=O)c2c[nH]c3cc(Cl)ccc23)nc(OC)c1OC(F)F. The number of methoxy groups -OCH3 is 2. The standard InChI is InChI=1S/C15H13ClF2N4O5S/c1-25-12-11(27-14(17)18)13(26-2)21-15(20-12)22-28(23,24)10-6-19-9-5-7(16)3-4-8(9)10/h3-6,14,19H,1-2H3,(H,20,21,22). The lowest BCUT2D eigenvalue weighted by Gasteiger charge is -2.14. The number of alkyl halides is 2. The molecule has 0 aliphatic carbocycles. The second-order valence-electron chi connectivity index (χ2n) is 5.22. The molecule has 2 aromatic heterocycles. The van der Waals surface area contributed by atoms with Gasteiger partial charge >= 0.3 is 6.61 Å². The summed E-state index contributed by atoms with van der Waals surface area (Å²) < 4.78 is 66.8. The van der Waals surface area contributed by atoms with Gasteiger partial charge < -0.3 is 19.2 Å². The zero-order chi connectivity index (χ0) is 20.5. The van der Waals surface area contributed by atoms with E-state index in [-0.39, 0.29) is 4.90 Å². The van der Waals surface area contributed by atoms with E-state index < -0.39 is 40.1 Å². The maximum Gasteiger partial charge on any atom is 0.387 e. The number of nitrogens with zero attached hydrogens (tertiary/aromatic N) is 2. The fourth-order valence-electron chi connectivity index (χ4n) is 2.39. The third-order valence-electron chi connectivity index (χ3n) is 3.52. The first-order chi connectivity index (χ1) is 13.2. The first kappa shape index (κ1) is 19.9. The molecule has 1 aromatic carbocycles. The van der Waals surface area contributed by atoms with Crippen LogP contribution >= 0.6 is 11.6 Å². The number of rotatable bonds is 7. The zero-order valence-electron chi connectivity index (χ0n) is 14.4. The van der Waals surface area contributed by atoms with Gasteiger partial charge in [-0.05, 0) is 18.2 Å². The lowest BCUT2D eigenvalue weighted by molar-refractivity contribution is -0.0533. The molecule has 0 atom stereocenters. The minimum absolute atomic E-state index is 0.0893.